The van der Waals surface area contributed by atoms with E-state index >= 15 is 0 Å². The molecule has 0 unspecified atom stereocenters. The first kappa shape index (κ1) is 41.0. The Kier molecular flexibility index (Phi) is 8.62. The van der Waals surface area contributed by atoms with Crippen LogP contribution < -0.4 is 4.90 Å². The first-order valence-corrected chi connectivity index (χ1v) is 25.4. The highest BCUT2D eigenvalue weighted by molar-refractivity contribution is 5.96. The summed E-state index contributed by atoms with van der Waals surface area (Å²) in [6, 6.07) is 98.6. The quantitative estimate of drug-likeness (QED) is 0.166. The van der Waals surface area contributed by atoms with E-state index in [0.29, 0.717) is 0 Å². The van der Waals surface area contributed by atoms with Crippen LogP contribution >= 0.6 is 0 Å². The third-order valence-corrected chi connectivity index (χ3v) is 17.0. The Morgan fingerprint density at radius 2 is 0.597 bits per heavy atom. The Bertz CT molecular complexity index is 3910. The molecule has 4 aliphatic carbocycles. The Balaban J connectivity index is 0.970. The van der Waals surface area contributed by atoms with Gasteiger partial charge in [0.1, 0.15) is 0 Å². The minimum Gasteiger partial charge on any atom is -0.310 e. The van der Waals surface area contributed by atoms with E-state index in [-0.39, 0.29) is 5.41 Å². The first-order valence-electron chi connectivity index (χ1n) is 25.4. The molecule has 1 nitrogen and oxygen atoms in total. The number of hydrogen-bond acceptors (Lipinski definition) is 1. The van der Waals surface area contributed by atoms with Crippen molar-refractivity contribution in [2.24, 2.45) is 0 Å². The van der Waals surface area contributed by atoms with Gasteiger partial charge in [-0.2, -0.15) is 0 Å². The molecule has 0 aromatic heterocycles. The van der Waals surface area contributed by atoms with E-state index in [1.807, 2.05) is 0 Å². The normalized spacial score (nSPS) is 14.9. The van der Waals surface area contributed by atoms with E-state index in [1.54, 1.807) is 0 Å². The lowest BCUT2D eigenvalue weighted by Gasteiger charge is -2.49. The van der Waals surface area contributed by atoms with E-state index in [0.717, 1.165) is 17.1 Å². The van der Waals surface area contributed by atoms with Crippen molar-refractivity contribution in [3.63, 3.8) is 0 Å². The van der Waals surface area contributed by atoms with E-state index in [2.05, 4.69) is 280 Å². The molecule has 2 spiro atoms. The number of hydrogen-bond donors (Lipinski definition) is 0. The van der Waals surface area contributed by atoms with Gasteiger partial charge in [0.15, 0.2) is 0 Å². The van der Waals surface area contributed by atoms with Gasteiger partial charge in [-0.15, -0.1) is 0 Å². The van der Waals surface area contributed by atoms with Crippen LogP contribution in [0.2, 0.25) is 0 Å². The van der Waals surface area contributed by atoms with Gasteiger partial charge in [-0.05, 0) is 148 Å². The van der Waals surface area contributed by atoms with E-state index in [9.17, 15) is 0 Å². The highest BCUT2D eigenvalue weighted by atomic mass is 15.1. The van der Waals surface area contributed by atoms with Gasteiger partial charge >= 0.3 is 0 Å². The molecule has 0 amide bonds. The largest absolute Gasteiger partial charge is 0.310 e. The fourth-order valence-electron chi connectivity index (χ4n) is 14.0. The third kappa shape index (κ3) is 5.32. The molecule has 11 aromatic rings. The Morgan fingerprint density at radius 1 is 0.236 bits per heavy atom. The fourth-order valence-corrected chi connectivity index (χ4v) is 14.0. The highest BCUT2D eigenvalue weighted by Crippen LogP contribution is 2.68. The van der Waals surface area contributed by atoms with E-state index in [1.165, 1.54) is 111 Å². The zero-order valence-electron chi connectivity index (χ0n) is 40.3. The Labute approximate surface area is 422 Å². The smallest absolute Gasteiger partial charge is 0.0725 e. The molecule has 0 bridgehead atoms. The molecule has 11 aromatic carbocycles. The van der Waals surface area contributed by atoms with Crippen molar-refractivity contribution in [3.8, 4) is 55.6 Å². The lowest BCUT2D eigenvalue weighted by molar-refractivity contribution is 0.634. The van der Waals surface area contributed by atoms with Crippen LogP contribution in [0, 0.1) is 0 Å². The first-order chi connectivity index (χ1) is 35.5. The number of benzene rings is 11. The molecular formula is C71H49N. The summed E-state index contributed by atoms with van der Waals surface area (Å²) < 4.78 is 0. The van der Waals surface area contributed by atoms with Crippen LogP contribution in [-0.2, 0) is 16.2 Å². The summed E-state index contributed by atoms with van der Waals surface area (Å²) in [4.78, 5) is 2.45. The van der Waals surface area contributed by atoms with Crippen molar-refractivity contribution in [2.45, 2.75) is 30.1 Å². The summed E-state index contributed by atoms with van der Waals surface area (Å²) in [5.41, 5.74) is 28.3. The van der Waals surface area contributed by atoms with Gasteiger partial charge in [0.25, 0.3) is 0 Å². The second-order valence-electron chi connectivity index (χ2n) is 20.7. The Hall–Kier alpha value is -8.78. The molecule has 4 aliphatic rings. The maximum atomic E-state index is 2.46. The second-order valence-corrected chi connectivity index (χ2v) is 20.7. The van der Waals surface area contributed by atoms with Crippen LogP contribution in [0.15, 0.2) is 261 Å². The minimum absolute atomic E-state index is 0.134. The van der Waals surface area contributed by atoms with E-state index in [4.69, 9.17) is 0 Å². The Morgan fingerprint density at radius 3 is 1.14 bits per heavy atom. The molecule has 72 heavy (non-hydrogen) atoms. The van der Waals surface area contributed by atoms with Crippen molar-refractivity contribution in [3.05, 3.63) is 316 Å². The summed E-state index contributed by atoms with van der Waals surface area (Å²) in [7, 11) is 0. The average Bonchev–Trinajstić information content (AvgIpc) is 4.00. The van der Waals surface area contributed by atoms with Crippen LogP contribution in [-0.4, -0.2) is 0 Å². The minimum atomic E-state index is -0.590. The molecule has 1 heteroatoms. The molecule has 338 valence electrons. The zero-order chi connectivity index (χ0) is 47.8. The molecule has 0 N–H and O–H groups in total. The van der Waals surface area contributed by atoms with Crippen molar-refractivity contribution in [2.75, 3.05) is 4.90 Å². The number of fused-ring (bicyclic) bond motifs is 19. The third-order valence-electron chi connectivity index (χ3n) is 17.0. The predicted octanol–water partition coefficient (Wildman–Crippen LogP) is 17.8. The summed E-state index contributed by atoms with van der Waals surface area (Å²) >= 11 is 0. The van der Waals surface area contributed by atoms with Crippen LogP contribution in [0.3, 0.4) is 0 Å². The SMILES string of the molecule is CC1(C)c2ccccc2-c2ccc(N(c3ccc(-c4ccccc4)cc3)c3ccc(-c4cccc5c4C4(c6ccccc6-c6ccccc64)c4ccccc4C54c5ccccc5-c5ccccc54)cc3)cc21. The van der Waals surface area contributed by atoms with Gasteiger partial charge in [-0.1, -0.05) is 238 Å². The standard InChI is InChI=1S/C71H49N/c1-69(2)59-27-11-6-21-53(59)58-44-43-51(45-67(58)69)72(49-39-35-47(36-40-49)46-19-4-3-5-20-46)50-41-37-48(38-42-50)52-26-18-34-66-68(52)71(62-30-14-9-24-56(62)57-25-10-15-31-63(57)71)65-33-17-16-32-64(65)70(66)60-28-12-7-22-54(60)55-23-8-13-29-61(55)70/h3-45H,1-2H3. The van der Waals surface area contributed by atoms with Gasteiger partial charge in [-0.3, -0.25) is 0 Å². The fraction of sp³-hybridized carbons (Fsp3) is 0.0704. The van der Waals surface area contributed by atoms with Crippen LogP contribution in [0.5, 0.6) is 0 Å². The van der Waals surface area contributed by atoms with E-state index < -0.39 is 10.8 Å². The monoisotopic (exact) mass is 915 g/mol. The lowest BCUT2D eigenvalue weighted by Crippen LogP contribution is -2.44. The van der Waals surface area contributed by atoms with Gasteiger partial charge in [0.2, 0.25) is 0 Å². The van der Waals surface area contributed by atoms with Crippen molar-refractivity contribution in [1.29, 1.82) is 0 Å². The summed E-state index contributed by atoms with van der Waals surface area (Å²) in [6.07, 6.45) is 0. The van der Waals surface area contributed by atoms with Crippen LogP contribution in [0.1, 0.15) is 69.5 Å². The molecule has 15 rings (SSSR count). The van der Waals surface area contributed by atoms with Gasteiger partial charge in [0, 0.05) is 22.5 Å². The summed E-state index contributed by atoms with van der Waals surface area (Å²) in [6.45, 7) is 4.74. The summed E-state index contributed by atoms with van der Waals surface area (Å²) in [5.74, 6) is 0. The molecule has 0 saturated carbocycles. The van der Waals surface area contributed by atoms with Crippen LogP contribution in [0.25, 0.3) is 55.6 Å². The maximum Gasteiger partial charge on any atom is 0.0725 e. The number of rotatable bonds is 5. The second kappa shape index (κ2) is 15.1. The molecule has 0 aliphatic heterocycles. The van der Waals surface area contributed by atoms with Gasteiger partial charge < -0.3 is 4.90 Å². The molecule has 0 heterocycles. The maximum absolute atomic E-state index is 2.46. The topological polar surface area (TPSA) is 3.24 Å². The predicted molar refractivity (Wildman–Crippen MR) is 298 cm³/mol. The lowest BCUT2D eigenvalue weighted by atomic mass is 9.51. The molecule has 0 fully saturated rings. The van der Waals surface area contributed by atoms with Crippen molar-refractivity contribution in [1.82, 2.24) is 0 Å². The van der Waals surface area contributed by atoms with Crippen molar-refractivity contribution < 1.29 is 0 Å². The molecular weight excluding hydrogens is 867 g/mol. The molecule has 0 radical (unpaired) electrons. The number of nitrogens with zero attached hydrogens (tertiary/aromatic N) is 1. The molecule has 0 saturated heterocycles. The van der Waals surface area contributed by atoms with Crippen molar-refractivity contribution >= 4 is 17.1 Å². The highest BCUT2D eigenvalue weighted by Gasteiger charge is 2.59. The van der Waals surface area contributed by atoms with Gasteiger partial charge in [-0.25, -0.2) is 0 Å². The number of anilines is 3. The zero-order valence-corrected chi connectivity index (χ0v) is 40.3. The van der Waals surface area contributed by atoms with Crippen LogP contribution in [0.4, 0.5) is 17.1 Å². The van der Waals surface area contributed by atoms with Gasteiger partial charge in [0.05, 0.1) is 10.8 Å². The average molecular weight is 916 g/mol. The summed E-state index contributed by atoms with van der Waals surface area (Å²) in [5, 5.41) is 0. The molecule has 0 atom stereocenters.